The van der Waals surface area contributed by atoms with Crippen LogP contribution in [0.2, 0.25) is 0 Å². The Morgan fingerprint density at radius 2 is 2.32 bits per heavy atom. The summed E-state index contributed by atoms with van der Waals surface area (Å²) in [5.74, 6) is 2.04. The highest BCUT2D eigenvalue weighted by molar-refractivity contribution is 7.99. The maximum atomic E-state index is 9.27. The number of hydrogen-bond donors (Lipinski definition) is 1. The van der Waals surface area contributed by atoms with Crippen LogP contribution in [0.4, 0.5) is 5.69 Å². The van der Waals surface area contributed by atoms with Crippen LogP contribution in [0.15, 0.2) is 27.6 Å². The molecule has 19 heavy (non-hydrogen) atoms. The Morgan fingerprint density at radius 3 is 2.95 bits per heavy atom. The number of aryl methyl sites for hydroxylation is 1. The number of nitrogens with zero attached hydrogens (tertiary/aromatic N) is 3. The second-order valence-corrected chi connectivity index (χ2v) is 5.12. The average Bonchev–Trinajstić information content (AvgIpc) is 2.83. The van der Waals surface area contributed by atoms with Gasteiger partial charge in [-0.2, -0.15) is 10.2 Å². The first-order chi connectivity index (χ1) is 9.24. The summed E-state index contributed by atoms with van der Waals surface area (Å²) in [6.07, 6.45) is 0. The third-order valence-electron chi connectivity index (χ3n) is 2.44. The van der Waals surface area contributed by atoms with E-state index in [4.69, 9.17) is 4.52 Å². The summed E-state index contributed by atoms with van der Waals surface area (Å²) in [6, 6.07) is 8.00. The number of anilines is 1. The van der Waals surface area contributed by atoms with Crippen molar-refractivity contribution in [1.29, 1.82) is 5.26 Å². The van der Waals surface area contributed by atoms with Gasteiger partial charge in [0.25, 0.3) is 0 Å². The molecule has 0 fully saturated rings. The molecule has 1 N–H and O–H groups in total. The van der Waals surface area contributed by atoms with Gasteiger partial charge in [-0.15, -0.1) is 11.8 Å². The maximum absolute atomic E-state index is 9.27. The van der Waals surface area contributed by atoms with E-state index in [2.05, 4.69) is 28.5 Å². The van der Waals surface area contributed by atoms with Gasteiger partial charge in [-0.3, -0.25) is 0 Å². The molecular weight excluding hydrogens is 260 g/mol. The van der Waals surface area contributed by atoms with E-state index in [1.54, 1.807) is 18.7 Å². The van der Waals surface area contributed by atoms with Crippen LogP contribution in [0.25, 0.3) is 0 Å². The number of benzene rings is 1. The molecule has 0 atom stereocenters. The third-order valence-corrected chi connectivity index (χ3v) is 3.38. The van der Waals surface area contributed by atoms with Crippen molar-refractivity contribution < 1.29 is 4.52 Å². The van der Waals surface area contributed by atoms with Crippen LogP contribution < -0.4 is 5.32 Å². The standard InChI is InChI=1S/C13H14N4OS/c1-3-19-12-6-4-5-11(10(12)7-14)15-8-13-16-9(2)17-18-13/h4-6,15H,3,8H2,1-2H3. The van der Waals surface area contributed by atoms with Crippen molar-refractivity contribution in [3.05, 3.63) is 35.5 Å². The van der Waals surface area contributed by atoms with Gasteiger partial charge in [-0.25, -0.2) is 0 Å². The minimum atomic E-state index is 0.412. The molecular formula is C13H14N4OS. The lowest BCUT2D eigenvalue weighted by atomic mass is 10.2. The van der Waals surface area contributed by atoms with Crippen molar-refractivity contribution in [2.75, 3.05) is 11.1 Å². The van der Waals surface area contributed by atoms with Crippen molar-refractivity contribution in [2.45, 2.75) is 25.3 Å². The molecule has 0 aliphatic heterocycles. The Hall–Kier alpha value is -2.00. The Labute approximate surface area is 116 Å². The van der Waals surface area contributed by atoms with Crippen LogP contribution in [-0.4, -0.2) is 15.9 Å². The van der Waals surface area contributed by atoms with Crippen molar-refractivity contribution in [2.24, 2.45) is 0 Å². The minimum Gasteiger partial charge on any atom is -0.375 e. The van der Waals surface area contributed by atoms with Gasteiger partial charge in [-0.05, 0) is 24.8 Å². The second-order valence-electron chi connectivity index (χ2n) is 3.81. The molecule has 0 amide bonds. The molecule has 2 rings (SSSR count). The van der Waals surface area contributed by atoms with Crippen molar-refractivity contribution >= 4 is 17.4 Å². The minimum absolute atomic E-state index is 0.412. The van der Waals surface area contributed by atoms with Crippen LogP contribution in [0.1, 0.15) is 24.2 Å². The molecule has 0 radical (unpaired) electrons. The molecule has 0 saturated carbocycles. The zero-order chi connectivity index (χ0) is 13.7. The number of nitriles is 1. The van der Waals surface area contributed by atoms with E-state index in [-0.39, 0.29) is 0 Å². The lowest BCUT2D eigenvalue weighted by molar-refractivity contribution is 0.379. The van der Waals surface area contributed by atoms with Gasteiger partial charge < -0.3 is 9.84 Å². The Balaban J connectivity index is 2.16. The summed E-state index contributed by atoms with van der Waals surface area (Å²) < 4.78 is 5.03. The van der Waals surface area contributed by atoms with E-state index >= 15 is 0 Å². The molecule has 5 nitrogen and oxygen atoms in total. The first kappa shape index (κ1) is 13.4. The molecule has 6 heteroatoms. The lowest BCUT2D eigenvalue weighted by Crippen LogP contribution is -2.02. The first-order valence-corrected chi connectivity index (χ1v) is 6.92. The molecule has 0 unspecified atom stereocenters. The highest BCUT2D eigenvalue weighted by Gasteiger charge is 2.09. The smallest absolute Gasteiger partial charge is 0.245 e. The van der Waals surface area contributed by atoms with Crippen molar-refractivity contribution in [1.82, 2.24) is 10.1 Å². The van der Waals surface area contributed by atoms with E-state index in [9.17, 15) is 5.26 Å². The molecule has 1 heterocycles. The van der Waals surface area contributed by atoms with E-state index in [1.165, 1.54) is 0 Å². The number of aromatic nitrogens is 2. The summed E-state index contributed by atoms with van der Waals surface area (Å²) in [5.41, 5.74) is 1.45. The zero-order valence-electron chi connectivity index (χ0n) is 10.8. The molecule has 0 saturated heterocycles. The fraction of sp³-hybridized carbons (Fsp3) is 0.308. The molecule has 0 spiro atoms. The molecule has 0 aliphatic rings. The van der Waals surface area contributed by atoms with Gasteiger partial charge in [0.2, 0.25) is 5.89 Å². The zero-order valence-corrected chi connectivity index (χ0v) is 11.6. The van der Waals surface area contributed by atoms with E-state index < -0.39 is 0 Å². The number of nitrogens with one attached hydrogen (secondary N) is 1. The number of hydrogen-bond acceptors (Lipinski definition) is 6. The van der Waals surface area contributed by atoms with Gasteiger partial charge in [0.1, 0.15) is 6.07 Å². The van der Waals surface area contributed by atoms with Gasteiger partial charge in [0.15, 0.2) is 5.82 Å². The van der Waals surface area contributed by atoms with E-state index in [0.29, 0.717) is 23.8 Å². The largest absolute Gasteiger partial charge is 0.375 e. The molecule has 98 valence electrons. The average molecular weight is 274 g/mol. The fourth-order valence-corrected chi connectivity index (χ4v) is 2.44. The molecule has 2 aromatic rings. The van der Waals surface area contributed by atoms with Crippen molar-refractivity contribution in [3.8, 4) is 6.07 Å². The second kappa shape index (κ2) is 6.25. The van der Waals surface area contributed by atoms with Gasteiger partial charge in [0, 0.05) is 4.90 Å². The highest BCUT2D eigenvalue weighted by Crippen LogP contribution is 2.27. The lowest BCUT2D eigenvalue weighted by Gasteiger charge is -2.09. The normalized spacial score (nSPS) is 10.2. The van der Waals surface area contributed by atoms with Crippen LogP contribution in [-0.2, 0) is 6.54 Å². The fourth-order valence-electron chi connectivity index (χ4n) is 1.65. The van der Waals surface area contributed by atoms with Crippen LogP contribution in [0.5, 0.6) is 0 Å². The molecule has 1 aromatic heterocycles. The summed E-state index contributed by atoms with van der Waals surface area (Å²) in [5, 5.41) is 16.2. The third kappa shape index (κ3) is 3.26. The van der Waals surface area contributed by atoms with Crippen molar-refractivity contribution in [3.63, 3.8) is 0 Å². The predicted octanol–water partition coefficient (Wildman–Crippen LogP) is 2.97. The van der Waals surface area contributed by atoms with Gasteiger partial charge in [0.05, 0.1) is 17.8 Å². The highest BCUT2D eigenvalue weighted by atomic mass is 32.2. The van der Waals surface area contributed by atoms with Gasteiger partial charge in [-0.1, -0.05) is 18.1 Å². The Bertz CT molecular complexity index is 603. The van der Waals surface area contributed by atoms with Crippen LogP contribution >= 0.6 is 11.8 Å². The molecule has 0 bridgehead atoms. The van der Waals surface area contributed by atoms with Crippen LogP contribution in [0, 0.1) is 18.3 Å². The number of thioether (sulfide) groups is 1. The predicted molar refractivity (Wildman–Crippen MR) is 73.9 cm³/mol. The summed E-state index contributed by atoms with van der Waals surface area (Å²) >= 11 is 1.65. The molecule has 0 aliphatic carbocycles. The monoisotopic (exact) mass is 274 g/mol. The first-order valence-electron chi connectivity index (χ1n) is 5.93. The SMILES string of the molecule is CCSc1cccc(NCc2nc(C)no2)c1C#N. The number of rotatable bonds is 5. The molecule has 1 aromatic carbocycles. The summed E-state index contributed by atoms with van der Waals surface area (Å²) in [4.78, 5) is 5.09. The Kier molecular flexibility index (Phi) is 4.42. The Morgan fingerprint density at radius 1 is 1.47 bits per heavy atom. The summed E-state index contributed by atoms with van der Waals surface area (Å²) in [7, 11) is 0. The van der Waals surface area contributed by atoms with Crippen LogP contribution in [0.3, 0.4) is 0 Å². The van der Waals surface area contributed by atoms with E-state index in [0.717, 1.165) is 16.3 Å². The topological polar surface area (TPSA) is 74.7 Å². The maximum Gasteiger partial charge on any atom is 0.245 e. The van der Waals surface area contributed by atoms with E-state index in [1.807, 2.05) is 18.2 Å². The summed E-state index contributed by atoms with van der Waals surface area (Å²) in [6.45, 7) is 4.25. The van der Waals surface area contributed by atoms with Gasteiger partial charge >= 0.3 is 0 Å². The quantitative estimate of drug-likeness (QED) is 0.845.